The van der Waals surface area contributed by atoms with Crippen LogP contribution in [0.25, 0.3) is 0 Å². The Morgan fingerprint density at radius 1 is 1.32 bits per heavy atom. The fourth-order valence-corrected chi connectivity index (χ4v) is 1.65. The lowest BCUT2D eigenvalue weighted by Crippen LogP contribution is -2.33. The van der Waals surface area contributed by atoms with Crippen molar-refractivity contribution in [3.8, 4) is 0 Å². The standard InChI is InChI=1S/C13H14N4O2/c1-17(7-4-10-2-5-14-6-3-10)13(19)11-8-15-9-16-12(11)18/h2-3,5-6,8-9H,4,7H2,1H3,(H,15,16,18). The highest BCUT2D eigenvalue weighted by atomic mass is 16.2. The van der Waals surface area contributed by atoms with Crippen molar-refractivity contribution in [1.29, 1.82) is 0 Å². The van der Waals surface area contributed by atoms with Gasteiger partial charge in [-0.25, -0.2) is 4.98 Å². The third-order valence-corrected chi connectivity index (χ3v) is 2.78. The minimum Gasteiger partial charge on any atom is -0.341 e. The van der Waals surface area contributed by atoms with Crippen LogP contribution in [-0.4, -0.2) is 39.4 Å². The van der Waals surface area contributed by atoms with Gasteiger partial charge < -0.3 is 9.88 Å². The molecular formula is C13H14N4O2. The summed E-state index contributed by atoms with van der Waals surface area (Å²) in [4.78, 5) is 35.1. The molecule has 0 unspecified atom stereocenters. The number of hydrogen-bond donors (Lipinski definition) is 1. The molecule has 98 valence electrons. The van der Waals surface area contributed by atoms with Crippen molar-refractivity contribution in [2.75, 3.05) is 13.6 Å². The van der Waals surface area contributed by atoms with Crippen molar-refractivity contribution in [3.63, 3.8) is 0 Å². The van der Waals surface area contributed by atoms with Gasteiger partial charge in [0.25, 0.3) is 11.5 Å². The molecule has 2 aromatic heterocycles. The van der Waals surface area contributed by atoms with Gasteiger partial charge in [0.2, 0.25) is 0 Å². The molecule has 19 heavy (non-hydrogen) atoms. The topological polar surface area (TPSA) is 79.0 Å². The Kier molecular flexibility index (Phi) is 4.02. The summed E-state index contributed by atoms with van der Waals surface area (Å²) in [7, 11) is 1.66. The van der Waals surface area contributed by atoms with Crippen molar-refractivity contribution in [3.05, 3.63) is 58.5 Å². The average Bonchev–Trinajstić information content (AvgIpc) is 2.45. The van der Waals surface area contributed by atoms with E-state index in [4.69, 9.17) is 0 Å². The molecule has 2 rings (SSSR count). The summed E-state index contributed by atoms with van der Waals surface area (Å²) in [6.07, 6.45) is 6.68. The monoisotopic (exact) mass is 258 g/mol. The molecule has 0 saturated carbocycles. The Labute approximate surface area is 110 Å². The van der Waals surface area contributed by atoms with Crippen LogP contribution < -0.4 is 5.56 Å². The van der Waals surface area contributed by atoms with E-state index in [0.29, 0.717) is 13.0 Å². The second kappa shape index (κ2) is 5.90. The highest BCUT2D eigenvalue weighted by molar-refractivity contribution is 5.93. The van der Waals surface area contributed by atoms with Gasteiger partial charge >= 0.3 is 0 Å². The van der Waals surface area contributed by atoms with E-state index in [2.05, 4.69) is 15.0 Å². The summed E-state index contributed by atoms with van der Waals surface area (Å²) in [5, 5.41) is 0. The molecule has 6 heteroatoms. The van der Waals surface area contributed by atoms with Gasteiger partial charge in [-0.05, 0) is 24.1 Å². The molecule has 0 radical (unpaired) electrons. The van der Waals surface area contributed by atoms with E-state index < -0.39 is 5.56 Å². The Hall–Kier alpha value is -2.50. The Bertz CT molecular complexity index is 609. The van der Waals surface area contributed by atoms with E-state index in [1.165, 1.54) is 17.4 Å². The average molecular weight is 258 g/mol. The van der Waals surface area contributed by atoms with Crippen molar-refractivity contribution >= 4 is 5.91 Å². The Morgan fingerprint density at radius 2 is 2.05 bits per heavy atom. The number of amides is 1. The lowest BCUT2D eigenvalue weighted by molar-refractivity contribution is 0.0794. The molecule has 1 amide bonds. The number of rotatable bonds is 4. The SMILES string of the molecule is CN(CCc1ccncc1)C(=O)c1cnc[nH]c1=O. The normalized spacial score (nSPS) is 10.2. The van der Waals surface area contributed by atoms with Gasteiger partial charge in [-0.2, -0.15) is 0 Å². The van der Waals surface area contributed by atoms with Gasteiger partial charge in [-0.15, -0.1) is 0 Å². The maximum absolute atomic E-state index is 12.0. The quantitative estimate of drug-likeness (QED) is 0.865. The largest absolute Gasteiger partial charge is 0.341 e. The molecular weight excluding hydrogens is 244 g/mol. The van der Waals surface area contributed by atoms with Crippen LogP contribution in [0.4, 0.5) is 0 Å². The van der Waals surface area contributed by atoms with Crippen LogP contribution in [0, 0.1) is 0 Å². The molecule has 6 nitrogen and oxygen atoms in total. The summed E-state index contributed by atoms with van der Waals surface area (Å²) in [6, 6.07) is 3.80. The molecule has 2 heterocycles. The summed E-state index contributed by atoms with van der Waals surface area (Å²) >= 11 is 0. The molecule has 0 aliphatic rings. The first-order valence-corrected chi connectivity index (χ1v) is 5.85. The number of aromatic nitrogens is 3. The highest BCUT2D eigenvalue weighted by Gasteiger charge is 2.15. The number of carbonyl (C=O) groups is 1. The van der Waals surface area contributed by atoms with Crippen LogP contribution in [0.3, 0.4) is 0 Å². The molecule has 0 fully saturated rings. The van der Waals surface area contributed by atoms with E-state index in [1.807, 2.05) is 12.1 Å². The van der Waals surface area contributed by atoms with E-state index in [-0.39, 0.29) is 11.5 Å². The van der Waals surface area contributed by atoms with Crippen LogP contribution in [0.15, 0.2) is 41.8 Å². The third kappa shape index (κ3) is 3.25. The molecule has 0 aliphatic heterocycles. The van der Waals surface area contributed by atoms with Gasteiger partial charge in [0.05, 0.1) is 6.33 Å². The molecule has 0 aromatic carbocycles. The zero-order chi connectivity index (χ0) is 13.7. The first-order chi connectivity index (χ1) is 9.18. The first kappa shape index (κ1) is 12.9. The number of pyridine rings is 1. The van der Waals surface area contributed by atoms with Crippen molar-refractivity contribution < 1.29 is 4.79 Å². The van der Waals surface area contributed by atoms with Gasteiger partial charge in [0.1, 0.15) is 5.56 Å². The Morgan fingerprint density at radius 3 is 2.74 bits per heavy atom. The summed E-state index contributed by atoms with van der Waals surface area (Å²) in [6.45, 7) is 0.525. The van der Waals surface area contributed by atoms with Crippen LogP contribution in [0.5, 0.6) is 0 Å². The third-order valence-electron chi connectivity index (χ3n) is 2.78. The summed E-state index contributed by atoms with van der Waals surface area (Å²) in [5.41, 5.74) is 0.727. The number of carbonyl (C=O) groups excluding carboxylic acids is 1. The lowest BCUT2D eigenvalue weighted by Gasteiger charge is -2.16. The van der Waals surface area contributed by atoms with Gasteiger partial charge in [-0.3, -0.25) is 14.6 Å². The molecule has 0 bridgehead atoms. The second-order valence-corrected chi connectivity index (χ2v) is 4.13. The number of nitrogens with zero attached hydrogens (tertiary/aromatic N) is 3. The number of H-pyrrole nitrogens is 1. The van der Waals surface area contributed by atoms with Gasteiger partial charge in [0, 0.05) is 32.2 Å². The van der Waals surface area contributed by atoms with Crippen molar-refractivity contribution in [2.45, 2.75) is 6.42 Å². The molecule has 0 aliphatic carbocycles. The van der Waals surface area contributed by atoms with Crippen LogP contribution in [-0.2, 0) is 6.42 Å². The fraction of sp³-hybridized carbons (Fsp3) is 0.231. The summed E-state index contributed by atoms with van der Waals surface area (Å²) < 4.78 is 0. The maximum atomic E-state index is 12.0. The van der Waals surface area contributed by atoms with Gasteiger partial charge in [0.15, 0.2) is 0 Å². The maximum Gasteiger partial charge on any atom is 0.263 e. The zero-order valence-corrected chi connectivity index (χ0v) is 10.5. The molecule has 0 atom stereocenters. The number of likely N-dealkylation sites (N-methyl/N-ethyl adjacent to an activating group) is 1. The molecule has 2 aromatic rings. The van der Waals surface area contributed by atoms with E-state index >= 15 is 0 Å². The highest BCUT2D eigenvalue weighted by Crippen LogP contribution is 2.01. The summed E-state index contributed by atoms with van der Waals surface area (Å²) in [5.74, 6) is -0.330. The van der Waals surface area contributed by atoms with E-state index in [0.717, 1.165) is 5.56 Å². The predicted octanol–water partition coefficient (Wildman–Crippen LogP) is 0.480. The van der Waals surface area contributed by atoms with Crippen molar-refractivity contribution in [1.82, 2.24) is 19.9 Å². The molecule has 1 N–H and O–H groups in total. The zero-order valence-electron chi connectivity index (χ0n) is 10.5. The van der Waals surface area contributed by atoms with Crippen molar-refractivity contribution in [2.24, 2.45) is 0 Å². The van der Waals surface area contributed by atoms with Gasteiger partial charge in [-0.1, -0.05) is 0 Å². The minimum atomic E-state index is -0.421. The van der Waals surface area contributed by atoms with Crippen LogP contribution in [0.1, 0.15) is 15.9 Å². The smallest absolute Gasteiger partial charge is 0.263 e. The predicted molar refractivity (Wildman–Crippen MR) is 69.8 cm³/mol. The van der Waals surface area contributed by atoms with Crippen LogP contribution in [0.2, 0.25) is 0 Å². The van der Waals surface area contributed by atoms with E-state index in [1.54, 1.807) is 19.4 Å². The first-order valence-electron chi connectivity index (χ1n) is 5.85. The minimum absolute atomic E-state index is 0.0553. The Balaban J connectivity index is 2.01. The molecule has 0 saturated heterocycles. The van der Waals surface area contributed by atoms with Crippen LogP contribution >= 0.6 is 0 Å². The van der Waals surface area contributed by atoms with E-state index in [9.17, 15) is 9.59 Å². The number of hydrogen-bond acceptors (Lipinski definition) is 4. The second-order valence-electron chi connectivity index (χ2n) is 4.13. The lowest BCUT2D eigenvalue weighted by atomic mass is 10.2. The fourth-order valence-electron chi connectivity index (χ4n) is 1.65. The molecule has 0 spiro atoms. The number of nitrogens with one attached hydrogen (secondary N) is 1. The number of aromatic amines is 1.